The Kier molecular flexibility index (Phi) is 58.9. The van der Waals surface area contributed by atoms with Crippen molar-refractivity contribution in [3.8, 4) is 0 Å². The van der Waals surface area contributed by atoms with Crippen molar-refractivity contribution in [1.29, 1.82) is 0 Å². The molecule has 0 heterocycles. The zero-order valence-corrected chi connectivity index (χ0v) is 47.4. The Balaban J connectivity index is 3.47. The first-order chi connectivity index (χ1) is 34.5. The lowest BCUT2D eigenvalue weighted by Gasteiger charge is -2.21. The highest BCUT2D eigenvalue weighted by Crippen LogP contribution is 2.19. The molecule has 0 aromatic heterocycles. The average Bonchev–Trinajstić information content (AvgIpc) is 3.36. The van der Waals surface area contributed by atoms with E-state index in [2.05, 4.69) is 43.5 Å². The lowest BCUT2D eigenvalue weighted by atomic mass is 10.0. The Labute approximate surface area is 438 Å². The van der Waals surface area contributed by atoms with E-state index in [4.69, 9.17) is 0 Å². The number of rotatable bonds is 59. The highest BCUT2D eigenvalue weighted by molar-refractivity contribution is 5.76. The smallest absolute Gasteiger partial charge is 0.222 e. The van der Waals surface area contributed by atoms with Gasteiger partial charge in [0, 0.05) is 0 Å². The van der Waals surface area contributed by atoms with Gasteiger partial charge in [-0.2, -0.15) is 0 Å². The van der Waals surface area contributed by atoms with E-state index in [1.165, 1.54) is 283 Å². The van der Waals surface area contributed by atoms with E-state index in [-0.39, 0.29) is 18.9 Å². The number of carbonyl (C=O) groups excluding carboxylic acids is 1. The number of aliphatic hydroxyl groups is 3. The number of hydrogen-bond acceptors (Lipinski definition) is 4. The van der Waals surface area contributed by atoms with Gasteiger partial charge in [0.2, 0.25) is 5.91 Å². The first kappa shape index (κ1) is 68.6. The summed E-state index contributed by atoms with van der Waals surface area (Å²) in [5.41, 5.74) is 0. The van der Waals surface area contributed by atoms with Crippen molar-refractivity contribution in [3.05, 3.63) is 36.5 Å². The van der Waals surface area contributed by atoms with Crippen LogP contribution >= 0.6 is 0 Å². The maximum Gasteiger partial charge on any atom is 0.222 e. The molecule has 0 aliphatic rings. The van der Waals surface area contributed by atoms with Crippen molar-refractivity contribution < 1.29 is 20.1 Å². The number of unbranched alkanes of at least 4 members (excludes halogenated alkanes) is 46. The van der Waals surface area contributed by atoms with Crippen LogP contribution < -0.4 is 5.32 Å². The first-order valence-corrected chi connectivity index (χ1v) is 31.8. The van der Waals surface area contributed by atoms with E-state index in [1.807, 2.05) is 6.08 Å². The fourth-order valence-electron chi connectivity index (χ4n) is 10.1. The van der Waals surface area contributed by atoms with E-state index in [1.54, 1.807) is 6.08 Å². The second kappa shape index (κ2) is 60.1. The summed E-state index contributed by atoms with van der Waals surface area (Å²) >= 11 is 0. The summed E-state index contributed by atoms with van der Waals surface area (Å²) in [5, 5.41) is 33.4. The zero-order chi connectivity index (χ0) is 50.7. The second-order valence-corrected chi connectivity index (χ2v) is 22.0. The van der Waals surface area contributed by atoms with Crippen LogP contribution in [0.4, 0.5) is 0 Å². The van der Waals surface area contributed by atoms with Crippen molar-refractivity contribution in [2.24, 2.45) is 0 Å². The summed E-state index contributed by atoms with van der Waals surface area (Å²) in [6.45, 7) is 4.23. The molecule has 0 aromatic carbocycles. The molecule has 0 fully saturated rings. The number of allylic oxidation sites excluding steroid dienone is 5. The summed E-state index contributed by atoms with van der Waals surface area (Å²) in [7, 11) is 0. The first-order valence-electron chi connectivity index (χ1n) is 31.8. The highest BCUT2D eigenvalue weighted by atomic mass is 16.3. The minimum atomic E-state index is -0.959. The molecule has 0 saturated carbocycles. The highest BCUT2D eigenvalue weighted by Gasteiger charge is 2.20. The van der Waals surface area contributed by atoms with Gasteiger partial charge < -0.3 is 20.6 Å². The molecule has 5 heteroatoms. The van der Waals surface area contributed by atoms with Crippen molar-refractivity contribution in [3.63, 3.8) is 0 Å². The quantitative estimate of drug-likeness (QED) is 0.0361. The van der Waals surface area contributed by atoms with E-state index in [9.17, 15) is 20.1 Å². The molecular weight excluding hydrogens is 859 g/mol. The Morgan fingerprint density at radius 1 is 0.357 bits per heavy atom. The standard InChI is InChI=1S/C65H125NO4/c1-3-5-7-9-11-13-15-17-19-21-23-24-25-26-27-28-29-30-31-32-33-34-35-36-37-38-39-40-41-42-44-46-48-50-52-54-56-58-62(68)60-65(70)66-63(61-67)64(69)59-57-55-53-51-49-47-45-43-22-20-18-16-14-12-10-8-6-4-2/h22,43,49,51,57,59,62-64,67-69H,3-21,23-42,44-48,50,52-56,58,60-61H2,1-2H3,(H,66,70)/b43-22+,51-49+,59-57+. The van der Waals surface area contributed by atoms with Gasteiger partial charge in [-0.3, -0.25) is 4.79 Å². The molecule has 0 aliphatic heterocycles. The maximum absolute atomic E-state index is 12.5. The van der Waals surface area contributed by atoms with Crippen LogP contribution in [-0.4, -0.2) is 46.1 Å². The van der Waals surface area contributed by atoms with Crippen LogP contribution in [0.3, 0.4) is 0 Å². The largest absolute Gasteiger partial charge is 0.394 e. The van der Waals surface area contributed by atoms with Crippen molar-refractivity contribution in [2.75, 3.05) is 6.61 Å². The van der Waals surface area contributed by atoms with Gasteiger partial charge in [0.1, 0.15) is 0 Å². The maximum atomic E-state index is 12.5. The van der Waals surface area contributed by atoms with Gasteiger partial charge in [0.15, 0.2) is 0 Å². The molecule has 1 amide bonds. The SMILES string of the molecule is CCCCCCCCCC/C=C/CC/C=C/CC/C=C/C(O)C(CO)NC(=O)CC(O)CCCCCCCCCCCCCCCCCCCCCCCCCCCCCCCCCCCCCCC. The molecule has 4 N–H and O–H groups in total. The van der Waals surface area contributed by atoms with Gasteiger partial charge in [0.05, 0.1) is 31.3 Å². The van der Waals surface area contributed by atoms with Gasteiger partial charge in [-0.25, -0.2) is 0 Å². The Morgan fingerprint density at radius 3 is 0.914 bits per heavy atom. The number of carbonyl (C=O) groups is 1. The molecule has 0 radical (unpaired) electrons. The van der Waals surface area contributed by atoms with Gasteiger partial charge >= 0.3 is 0 Å². The van der Waals surface area contributed by atoms with E-state index in [0.29, 0.717) is 6.42 Å². The topological polar surface area (TPSA) is 89.8 Å². The molecule has 3 atom stereocenters. The summed E-state index contributed by atoms with van der Waals surface area (Å²) < 4.78 is 0. The fourth-order valence-corrected chi connectivity index (χ4v) is 10.1. The number of nitrogens with one attached hydrogen (secondary N) is 1. The van der Waals surface area contributed by atoms with Crippen LogP contribution in [0.5, 0.6) is 0 Å². The zero-order valence-electron chi connectivity index (χ0n) is 47.4. The molecule has 0 bridgehead atoms. The Hall–Kier alpha value is -1.43. The minimum absolute atomic E-state index is 0.00577. The second-order valence-electron chi connectivity index (χ2n) is 22.0. The monoisotopic (exact) mass is 984 g/mol. The number of amides is 1. The van der Waals surface area contributed by atoms with Crippen LogP contribution in [0.1, 0.15) is 348 Å². The van der Waals surface area contributed by atoms with Gasteiger partial charge in [-0.15, -0.1) is 0 Å². The molecule has 3 unspecified atom stereocenters. The van der Waals surface area contributed by atoms with Gasteiger partial charge in [-0.1, -0.05) is 333 Å². The molecule has 414 valence electrons. The number of aliphatic hydroxyl groups excluding tert-OH is 3. The van der Waals surface area contributed by atoms with Crippen LogP contribution in [0.2, 0.25) is 0 Å². The fraction of sp³-hybridized carbons (Fsp3) is 0.892. The average molecular weight is 985 g/mol. The van der Waals surface area contributed by atoms with Gasteiger partial charge in [0.25, 0.3) is 0 Å². The van der Waals surface area contributed by atoms with Crippen LogP contribution in [-0.2, 0) is 4.79 Å². The minimum Gasteiger partial charge on any atom is -0.394 e. The van der Waals surface area contributed by atoms with Crippen LogP contribution in [0, 0.1) is 0 Å². The van der Waals surface area contributed by atoms with E-state index >= 15 is 0 Å². The van der Waals surface area contributed by atoms with E-state index in [0.717, 1.165) is 38.5 Å². The lowest BCUT2D eigenvalue weighted by molar-refractivity contribution is -0.124. The van der Waals surface area contributed by atoms with Crippen LogP contribution in [0.15, 0.2) is 36.5 Å². The summed E-state index contributed by atoms with van der Waals surface area (Å²) in [5.74, 6) is -0.324. The molecule has 0 aromatic rings. The van der Waals surface area contributed by atoms with E-state index < -0.39 is 18.2 Å². The lowest BCUT2D eigenvalue weighted by Crippen LogP contribution is -2.45. The molecular formula is C65H125NO4. The van der Waals surface area contributed by atoms with Crippen molar-refractivity contribution >= 4 is 5.91 Å². The van der Waals surface area contributed by atoms with Crippen molar-refractivity contribution in [2.45, 2.75) is 366 Å². The van der Waals surface area contributed by atoms with Gasteiger partial charge in [-0.05, 0) is 44.9 Å². The molecule has 5 nitrogen and oxygen atoms in total. The predicted molar refractivity (Wildman–Crippen MR) is 310 cm³/mol. The normalized spacial score (nSPS) is 13.4. The summed E-state index contributed by atoms with van der Waals surface area (Å²) in [6, 6.07) is -0.767. The summed E-state index contributed by atoms with van der Waals surface area (Å²) in [6.07, 6.45) is 79.6. The molecule has 0 rings (SSSR count). The summed E-state index contributed by atoms with van der Waals surface area (Å²) in [4.78, 5) is 12.5. The predicted octanol–water partition coefficient (Wildman–Crippen LogP) is 20.2. The molecule has 70 heavy (non-hydrogen) atoms. The Morgan fingerprint density at radius 2 is 0.614 bits per heavy atom. The van der Waals surface area contributed by atoms with Crippen molar-refractivity contribution in [1.82, 2.24) is 5.32 Å². The molecule has 0 aliphatic carbocycles. The third kappa shape index (κ3) is 55.9. The molecule has 0 saturated heterocycles. The number of hydrogen-bond donors (Lipinski definition) is 4. The third-order valence-electron chi connectivity index (χ3n) is 14.9. The van der Waals surface area contributed by atoms with Crippen LogP contribution in [0.25, 0.3) is 0 Å². The Bertz CT molecular complexity index is 1090. The third-order valence-corrected chi connectivity index (χ3v) is 14.9. The molecule has 0 spiro atoms.